The number of anilines is 1. The molecule has 0 spiro atoms. The molecule has 1 unspecified atom stereocenters. The van der Waals surface area contributed by atoms with Crippen molar-refractivity contribution >= 4 is 29.2 Å². The Hall–Kier alpha value is -1.75. The molecule has 6 heteroatoms. The predicted molar refractivity (Wildman–Crippen MR) is 79.4 cm³/mol. The molecular weight excluding hydrogens is 280 g/mol. The maximum absolute atomic E-state index is 12.0. The molecule has 2 N–H and O–H groups in total. The quantitative estimate of drug-likeness (QED) is 0.847. The van der Waals surface area contributed by atoms with Crippen LogP contribution in [0.15, 0.2) is 18.2 Å². The van der Waals surface area contributed by atoms with Crippen LogP contribution in [0.5, 0.6) is 0 Å². The van der Waals surface area contributed by atoms with Gasteiger partial charge in [0.15, 0.2) is 0 Å². The Kier molecular flexibility index (Phi) is 5.82. The summed E-state index contributed by atoms with van der Waals surface area (Å²) >= 11 is 6.02. The SMILES string of the molecule is CC(CCC(=O)O)Nc1ccc(Cl)c(C(=O)N(C)C)c1. The van der Waals surface area contributed by atoms with Gasteiger partial charge in [-0.05, 0) is 31.5 Å². The average Bonchev–Trinajstić information content (AvgIpc) is 2.37. The van der Waals surface area contributed by atoms with Gasteiger partial charge in [0.2, 0.25) is 0 Å². The largest absolute Gasteiger partial charge is 0.481 e. The first-order chi connectivity index (χ1) is 9.31. The van der Waals surface area contributed by atoms with Crippen molar-refractivity contribution in [3.8, 4) is 0 Å². The number of nitrogens with one attached hydrogen (secondary N) is 1. The van der Waals surface area contributed by atoms with Gasteiger partial charge in [-0.3, -0.25) is 9.59 Å². The van der Waals surface area contributed by atoms with Crippen molar-refractivity contribution in [3.05, 3.63) is 28.8 Å². The third-order valence-electron chi connectivity index (χ3n) is 2.81. The van der Waals surface area contributed by atoms with Crippen molar-refractivity contribution in [2.45, 2.75) is 25.8 Å². The van der Waals surface area contributed by atoms with Crippen molar-refractivity contribution in [1.82, 2.24) is 4.90 Å². The molecule has 0 bridgehead atoms. The van der Waals surface area contributed by atoms with Crippen molar-refractivity contribution < 1.29 is 14.7 Å². The highest BCUT2D eigenvalue weighted by molar-refractivity contribution is 6.34. The summed E-state index contributed by atoms with van der Waals surface area (Å²) in [7, 11) is 3.32. The van der Waals surface area contributed by atoms with Gasteiger partial charge in [-0.2, -0.15) is 0 Å². The highest BCUT2D eigenvalue weighted by Crippen LogP contribution is 2.22. The van der Waals surface area contributed by atoms with E-state index in [2.05, 4.69) is 5.32 Å². The van der Waals surface area contributed by atoms with E-state index in [0.29, 0.717) is 17.0 Å². The number of carbonyl (C=O) groups excluding carboxylic acids is 1. The first kappa shape index (κ1) is 16.3. The summed E-state index contributed by atoms with van der Waals surface area (Å²) in [5.41, 5.74) is 1.17. The van der Waals surface area contributed by atoms with Crippen molar-refractivity contribution in [1.29, 1.82) is 0 Å². The number of hydrogen-bond donors (Lipinski definition) is 2. The predicted octanol–water partition coefficient (Wildman–Crippen LogP) is 2.71. The second kappa shape index (κ2) is 7.14. The lowest BCUT2D eigenvalue weighted by Crippen LogP contribution is -2.22. The summed E-state index contributed by atoms with van der Waals surface area (Å²) in [6, 6.07) is 5.10. The number of nitrogens with zero attached hydrogens (tertiary/aromatic N) is 1. The zero-order chi connectivity index (χ0) is 15.3. The topological polar surface area (TPSA) is 69.6 Å². The van der Waals surface area contributed by atoms with Gasteiger partial charge in [-0.15, -0.1) is 0 Å². The molecule has 20 heavy (non-hydrogen) atoms. The van der Waals surface area contributed by atoms with E-state index in [0.717, 1.165) is 5.69 Å². The number of carboxylic acids is 1. The Bertz CT molecular complexity index is 503. The summed E-state index contributed by atoms with van der Waals surface area (Å²) in [5.74, 6) is -0.991. The standard InChI is InChI=1S/C14H19ClN2O3/c1-9(4-7-13(18)19)16-10-5-6-12(15)11(8-10)14(20)17(2)3/h5-6,8-9,16H,4,7H2,1-3H3,(H,18,19). The molecule has 0 aliphatic heterocycles. The van der Waals surface area contributed by atoms with E-state index >= 15 is 0 Å². The number of rotatable bonds is 6. The maximum Gasteiger partial charge on any atom is 0.303 e. The van der Waals surface area contributed by atoms with Gasteiger partial charge in [-0.25, -0.2) is 0 Å². The number of halogens is 1. The van der Waals surface area contributed by atoms with Crippen LogP contribution in [0.3, 0.4) is 0 Å². The van der Waals surface area contributed by atoms with Crippen molar-refractivity contribution in [2.24, 2.45) is 0 Å². The first-order valence-electron chi connectivity index (χ1n) is 6.30. The molecule has 0 fully saturated rings. The fourth-order valence-electron chi connectivity index (χ4n) is 1.72. The normalized spacial score (nSPS) is 11.8. The monoisotopic (exact) mass is 298 g/mol. The highest BCUT2D eigenvalue weighted by atomic mass is 35.5. The minimum absolute atomic E-state index is 0.00502. The number of carboxylic acid groups (broad SMARTS) is 1. The molecule has 0 aliphatic carbocycles. The summed E-state index contributed by atoms with van der Waals surface area (Å²) in [6.07, 6.45) is 0.611. The van der Waals surface area contributed by atoms with Crippen LogP contribution in [0.4, 0.5) is 5.69 Å². The second-order valence-corrected chi connectivity index (χ2v) is 5.28. The summed E-state index contributed by atoms with van der Waals surface area (Å²) < 4.78 is 0. The molecule has 1 atom stereocenters. The fraction of sp³-hybridized carbons (Fsp3) is 0.429. The van der Waals surface area contributed by atoms with Gasteiger partial charge < -0.3 is 15.3 Å². The molecule has 0 aromatic heterocycles. The number of carbonyl (C=O) groups is 2. The molecule has 1 aromatic carbocycles. The van der Waals surface area contributed by atoms with Crippen molar-refractivity contribution in [3.63, 3.8) is 0 Å². The van der Waals surface area contributed by atoms with Gasteiger partial charge in [0.05, 0.1) is 10.6 Å². The first-order valence-corrected chi connectivity index (χ1v) is 6.68. The molecular formula is C14H19ClN2O3. The second-order valence-electron chi connectivity index (χ2n) is 4.87. The van der Waals surface area contributed by atoms with E-state index in [-0.39, 0.29) is 18.4 Å². The van der Waals surface area contributed by atoms with Crippen LogP contribution >= 0.6 is 11.6 Å². The molecule has 0 saturated heterocycles. The van der Waals surface area contributed by atoms with Crippen LogP contribution in [-0.4, -0.2) is 42.0 Å². The third-order valence-corrected chi connectivity index (χ3v) is 3.14. The van der Waals surface area contributed by atoms with Gasteiger partial charge in [-0.1, -0.05) is 11.6 Å². The molecule has 1 rings (SSSR count). The van der Waals surface area contributed by atoms with Crippen LogP contribution in [0.1, 0.15) is 30.1 Å². The molecule has 0 radical (unpaired) electrons. The van der Waals surface area contributed by atoms with Crippen LogP contribution < -0.4 is 5.32 Å². The number of hydrogen-bond acceptors (Lipinski definition) is 3. The Morgan fingerprint density at radius 1 is 1.40 bits per heavy atom. The Morgan fingerprint density at radius 2 is 2.05 bits per heavy atom. The van der Waals surface area contributed by atoms with E-state index in [4.69, 9.17) is 16.7 Å². The fourth-order valence-corrected chi connectivity index (χ4v) is 1.91. The molecule has 5 nitrogen and oxygen atoms in total. The molecule has 1 aromatic rings. The lowest BCUT2D eigenvalue weighted by atomic mass is 10.1. The highest BCUT2D eigenvalue weighted by Gasteiger charge is 2.14. The summed E-state index contributed by atoms with van der Waals surface area (Å²) in [4.78, 5) is 23.9. The van der Waals surface area contributed by atoms with E-state index in [1.807, 2.05) is 6.92 Å². The summed E-state index contributed by atoms with van der Waals surface area (Å²) in [6.45, 7) is 1.89. The number of aliphatic carboxylic acids is 1. The smallest absolute Gasteiger partial charge is 0.303 e. The van der Waals surface area contributed by atoms with E-state index in [9.17, 15) is 9.59 Å². The van der Waals surface area contributed by atoms with E-state index in [1.54, 1.807) is 32.3 Å². The van der Waals surface area contributed by atoms with Gasteiger partial charge in [0, 0.05) is 32.2 Å². The zero-order valence-corrected chi connectivity index (χ0v) is 12.6. The molecule has 110 valence electrons. The average molecular weight is 299 g/mol. The van der Waals surface area contributed by atoms with Crippen molar-refractivity contribution in [2.75, 3.05) is 19.4 Å². The van der Waals surface area contributed by atoms with Gasteiger partial charge in [0.1, 0.15) is 0 Å². The molecule has 0 aliphatic rings. The molecule has 1 amide bonds. The van der Waals surface area contributed by atoms with Crippen LogP contribution in [0, 0.1) is 0 Å². The lowest BCUT2D eigenvalue weighted by molar-refractivity contribution is -0.137. The van der Waals surface area contributed by atoms with Crippen LogP contribution in [0.2, 0.25) is 5.02 Å². The van der Waals surface area contributed by atoms with E-state index < -0.39 is 5.97 Å². The Labute approximate surface area is 123 Å². The van der Waals surface area contributed by atoms with Crippen LogP contribution in [0.25, 0.3) is 0 Å². The molecule has 0 saturated carbocycles. The van der Waals surface area contributed by atoms with Gasteiger partial charge in [0.25, 0.3) is 5.91 Å². The van der Waals surface area contributed by atoms with Crippen LogP contribution in [-0.2, 0) is 4.79 Å². The minimum atomic E-state index is -0.821. The maximum atomic E-state index is 12.0. The minimum Gasteiger partial charge on any atom is -0.481 e. The van der Waals surface area contributed by atoms with Gasteiger partial charge >= 0.3 is 5.97 Å². The lowest BCUT2D eigenvalue weighted by Gasteiger charge is -2.17. The number of benzene rings is 1. The summed E-state index contributed by atoms with van der Waals surface area (Å²) in [5, 5.41) is 12.2. The zero-order valence-electron chi connectivity index (χ0n) is 11.8. The van der Waals surface area contributed by atoms with E-state index in [1.165, 1.54) is 4.90 Å². The Balaban J connectivity index is 2.79. The Morgan fingerprint density at radius 3 is 2.60 bits per heavy atom. The number of amides is 1. The third kappa shape index (κ3) is 4.74. The molecule has 0 heterocycles.